The van der Waals surface area contributed by atoms with Gasteiger partial charge in [-0.3, -0.25) is 0 Å². The Hall–Kier alpha value is -3.67. The highest BCUT2D eigenvalue weighted by molar-refractivity contribution is 5.86. The molecule has 0 atom stereocenters. The number of aromatic nitrogens is 2. The molecule has 150 valence electrons. The van der Waals surface area contributed by atoms with E-state index in [0.717, 1.165) is 11.1 Å². The zero-order valence-electron chi connectivity index (χ0n) is 16.5. The first-order chi connectivity index (χ1) is 14.8. The van der Waals surface area contributed by atoms with Crippen LogP contribution in [0.1, 0.15) is 28.8 Å². The Morgan fingerprint density at radius 3 is 2.63 bits per heavy atom. The van der Waals surface area contributed by atoms with Gasteiger partial charge >= 0.3 is 6.03 Å². The topological polar surface area (TPSA) is 71.3 Å². The maximum Gasteiger partial charge on any atom is 0.317 e. The molecule has 1 aromatic heterocycles. The van der Waals surface area contributed by atoms with Crippen LogP contribution in [-0.2, 0) is 13.0 Å². The molecule has 3 aromatic carbocycles. The van der Waals surface area contributed by atoms with Crippen LogP contribution in [-0.4, -0.2) is 34.2 Å². The number of hydrogen-bond acceptors (Lipinski definition) is 4. The Kier molecular flexibility index (Phi) is 4.89. The lowest BCUT2D eigenvalue weighted by molar-refractivity contribution is 0.136. The van der Waals surface area contributed by atoms with Crippen LogP contribution in [0.5, 0.6) is 0 Å². The fourth-order valence-electron chi connectivity index (χ4n) is 3.81. The van der Waals surface area contributed by atoms with Crippen LogP contribution in [0.2, 0.25) is 0 Å². The quantitative estimate of drug-likeness (QED) is 0.549. The van der Waals surface area contributed by atoms with Crippen molar-refractivity contribution in [3.63, 3.8) is 0 Å². The van der Waals surface area contributed by atoms with Gasteiger partial charge in [-0.15, -0.1) is 0 Å². The van der Waals surface area contributed by atoms with Crippen LogP contribution in [0, 0.1) is 0 Å². The minimum absolute atomic E-state index is 0.0665. The van der Waals surface area contributed by atoms with Crippen LogP contribution < -0.4 is 5.32 Å². The second-order valence-corrected chi connectivity index (χ2v) is 7.61. The molecule has 2 heterocycles. The zero-order valence-corrected chi connectivity index (χ0v) is 16.5. The zero-order chi connectivity index (χ0) is 20.3. The molecule has 0 aliphatic carbocycles. The Labute approximate surface area is 174 Å². The number of hydrogen-bond donors (Lipinski definition) is 1. The summed E-state index contributed by atoms with van der Waals surface area (Å²) in [6.45, 7) is 1.69. The SMILES string of the molecule is O=C(NCc1cccc2ccccc12)N1CC(c2nc(Cc3ccccc3)no2)C1. The number of rotatable bonds is 5. The van der Waals surface area contributed by atoms with Gasteiger partial charge in [0.15, 0.2) is 5.82 Å². The molecule has 1 fully saturated rings. The van der Waals surface area contributed by atoms with Crippen LogP contribution >= 0.6 is 0 Å². The number of amides is 2. The predicted octanol–water partition coefficient (Wildman–Crippen LogP) is 4.12. The molecule has 1 aliphatic heterocycles. The second kappa shape index (κ2) is 7.99. The van der Waals surface area contributed by atoms with E-state index >= 15 is 0 Å². The lowest BCUT2D eigenvalue weighted by atomic mass is 10.0. The van der Waals surface area contributed by atoms with E-state index in [1.165, 1.54) is 10.8 Å². The monoisotopic (exact) mass is 398 g/mol. The van der Waals surface area contributed by atoms with Gasteiger partial charge in [-0.25, -0.2) is 4.79 Å². The van der Waals surface area contributed by atoms with E-state index < -0.39 is 0 Å². The summed E-state index contributed by atoms with van der Waals surface area (Å²) in [4.78, 5) is 18.8. The molecule has 0 unspecified atom stereocenters. The number of carbonyl (C=O) groups is 1. The molecule has 6 heteroatoms. The molecule has 1 aliphatic rings. The summed E-state index contributed by atoms with van der Waals surface area (Å²) < 4.78 is 5.43. The summed E-state index contributed by atoms with van der Waals surface area (Å²) in [5.74, 6) is 1.39. The summed E-state index contributed by atoms with van der Waals surface area (Å²) in [5, 5.41) is 9.45. The highest BCUT2D eigenvalue weighted by Crippen LogP contribution is 2.26. The molecule has 0 bridgehead atoms. The predicted molar refractivity (Wildman–Crippen MR) is 114 cm³/mol. The number of nitrogens with one attached hydrogen (secondary N) is 1. The van der Waals surface area contributed by atoms with Crippen molar-refractivity contribution in [3.05, 3.63) is 95.6 Å². The van der Waals surface area contributed by atoms with Crippen molar-refractivity contribution in [2.45, 2.75) is 18.9 Å². The molecule has 2 amide bonds. The van der Waals surface area contributed by atoms with Gasteiger partial charge in [-0.2, -0.15) is 4.98 Å². The first kappa shape index (κ1) is 18.4. The molecule has 1 N–H and O–H groups in total. The first-order valence-corrected chi connectivity index (χ1v) is 10.1. The third-order valence-electron chi connectivity index (χ3n) is 5.52. The number of benzene rings is 3. The van der Waals surface area contributed by atoms with Gasteiger partial charge in [0.1, 0.15) is 0 Å². The number of nitrogens with zero attached hydrogens (tertiary/aromatic N) is 3. The van der Waals surface area contributed by atoms with Crippen LogP contribution in [0.3, 0.4) is 0 Å². The molecule has 1 saturated heterocycles. The highest BCUT2D eigenvalue weighted by atomic mass is 16.5. The Morgan fingerprint density at radius 2 is 1.77 bits per heavy atom. The van der Waals surface area contributed by atoms with Gasteiger partial charge in [-0.05, 0) is 21.9 Å². The van der Waals surface area contributed by atoms with E-state index in [9.17, 15) is 4.79 Å². The lowest BCUT2D eigenvalue weighted by Gasteiger charge is -2.36. The molecule has 0 spiro atoms. The maximum atomic E-state index is 12.5. The van der Waals surface area contributed by atoms with Crippen LogP contribution in [0.4, 0.5) is 4.79 Å². The minimum atomic E-state index is -0.0665. The Bertz CT molecular complexity index is 1160. The molecule has 6 nitrogen and oxygen atoms in total. The van der Waals surface area contributed by atoms with E-state index in [4.69, 9.17) is 4.52 Å². The highest BCUT2D eigenvalue weighted by Gasteiger charge is 2.35. The normalized spacial score (nSPS) is 13.9. The third kappa shape index (κ3) is 3.76. The van der Waals surface area contributed by atoms with Gasteiger partial charge in [0.05, 0.1) is 5.92 Å². The van der Waals surface area contributed by atoms with Gasteiger partial charge in [0, 0.05) is 26.1 Å². The number of likely N-dealkylation sites (tertiary alicyclic amines) is 1. The number of carbonyl (C=O) groups excluding carboxylic acids is 1. The third-order valence-corrected chi connectivity index (χ3v) is 5.52. The molecule has 0 saturated carbocycles. The van der Waals surface area contributed by atoms with E-state index in [-0.39, 0.29) is 11.9 Å². The van der Waals surface area contributed by atoms with E-state index in [0.29, 0.717) is 37.8 Å². The fourth-order valence-corrected chi connectivity index (χ4v) is 3.81. The second-order valence-electron chi connectivity index (χ2n) is 7.61. The average Bonchev–Trinajstić information content (AvgIpc) is 3.19. The van der Waals surface area contributed by atoms with Gasteiger partial charge in [0.2, 0.25) is 5.89 Å². The molecule has 30 heavy (non-hydrogen) atoms. The van der Waals surface area contributed by atoms with Crippen molar-refractivity contribution in [2.75, 3.05) is 13.1 Å². The van der Waals surface area contributed by atoms with E-state index in [2.05, 4.69) is 33.7 Å². The van der Waals surface area contributed by atoms with Crippen molar-refractivity contribution < 1.29 is 9.32 Å². The van der Waals surface area contributed by atoms with E-state index in [1.807, 2.05) is 54.6 Å². The van der Waals surface area contributed by atoms with Gasteiger partial charge in [0.25, 0.3) is 0 Å². The van der Waals surface area contributed by atoms with Crippen LogP contribution in [0.15, 0.2) is 77.3 Å². The summed E-state index contributed by atoms with van der Waals surface area (Å²) >= 11 is 0. The van der Waals surface area contributed by atoms with Crippen molar-refractivity contribution in [3.8, 4) is 0 Å². The van der Waals surface area contributed by atoms with Crippen molar-refractivity contribution in [1.29, 1.82) is 0 Å². The van der Waals surface area contributed by atoms with Crippen LogP contribution in [0.25, 0.3) is 10.8 Å². The first-order valence-electron chi connectivity index (χ1n) is 10.1. The fraction of sp³-hybridized carbons (Fsp3) is 0.208. The smallest absolute Gasteiger partial charge is 0.317 e. The van der Waals surface area contributed by atoms with Crippen molar-refractivity contribution in [2.24, 2.45) is 0 Å². The average molecular weight is 398 g/mol. The molecular formula is C24H22N4O2. The molecule has 5 rings (SSSR count). The largest absolute Gasteiger partial charge is 0.339 e. The summed E-state index contributed by atoms with van der Waals surface area (Å²) in [7, 11) is 0. The molecule has 4 aromatic rings. The van der Waals surface area contributed by atoms with E-state index in [1.54, 1.807) is 4.90 Å². The summed E-state index contributed by atoms with van der Waals surface area (Å²) in [6, 6.07) is 24.4. The van der Waals surface area contributed by atoms with Gasteiger partial charge in [-0.1, -0.05) is 78.0 Å². The van der Waals surface area contributed by atoms with Crippen molar-refractivity contribution in [1.82, 2.24) is 20.4 Å². The Morgan fingerprint density at radius 1 is 1.00 bits per heavy atom. The summed E-state index contributed by atoms with van der Waals surface area (Å²) in [5.41, 5.74) is 2.26. The lowest BCUT2D eigenvalue weighted by Crippen LogP contribution is -2.52. The minimum Gasteiger partial charge on any atom is -0.339 e. The Balaban J connectivity index is 1.15. The number of fused-ring (bicyclic) bond motifs is 1. The summed E-state index contributed by atoms with van der Waals surface area (Å²) in [6.07, 6.45) is 0.645. The molecular weight excluding hydrogens is 376 g/mol. The van der Waals surface area contributed by atoms with Gasteiger partial charge < -0.3 is 14.7 Å². The number of urea groups is 1. The van der Waals surface area contributed by atoms with Crippen molar-refractivity contribution >= 4 is 16.8 Å². The maximum absolute atomic E-state index is 12.5. The standard InChI is InChI=1S/C24H22N4O2/c29-24(25-14-19-11-6-10-18-9-4-5-12-21(18)19)28-15-20(16-28)23-26-22(27-30-23)13-17-7-2-1-3-8-17/h1-12,20H,13-16H2,(H,25,29). The molecule has 0 radical (unpaired) electrons.